The predicted molar refractivity (Wildman–Crippen MR) is 75.3 cm³/mol. The molecule has 0 unspecified atom stereocenters. The van der Waals surface area contributed by atoms with Crippen LogP contribution in [-0.2, 0) is 10.0 Å². The van der Waals surface area contributed by atoms with Crippen molar-refractivity contribution in [3.05, 3.63) is 34.6 Å². The normalized spacial score (nSPS) is 11.4. The summed E-state index contributed by atoms with van der Waals surface area (Å²) in [6, 6.07) is 3.35. The standard InChI is InChI=1S/C12H13FN2O3S2/c1-7-8(2)19-12(14-7)15-20(16,17)9-4-5-10(13)11(6-9)18-3/h4-6H,1-3H3,(H,14,15). The second kappa shape index (κ2) is 5.37. The lowest BCUT2D eigenvalue weighted by atomic mass is 10.3. The van der Waals surface area contributed by atoms with Gasteiger partial charge in [-0.15, -0.1) is 11.3 Å². The Balaban J connectivity index is 2.35. The van der Waals surface area contributed by atoms with Gasteiger partial charge in [-0.2, -0.15) is 0 Å². The highest BCUT2D eigenvalue weighted by Crippen LogP contribution is 2.26. The lowest BCUT2D eigenvalue weighted by Gasteiger charge is -2.07. The fourth-order valence-corrected chi connectivity index (χ4v) is 3.56. The largest absolute Gasteiger partial charge is 0.494 e. The van der Waals surface area contributed by atoms with E-state index in [1.165, 1.54) is 24.5 Å². The highest BCUT2D eigenvalue weighted by Gasteiger charge is 2.18. The Morgan fingerprint density at radius 1 is 1.35 bits per heavy atom. The number of ether oxygens (including phenoxy) is 1. The Morgan fingerprint density at radius 3 is 2.60 bits per heavy atom. The van der Waals surface area contributed by atoms with Crippen molar-refractivity contribution in [1.82, 2.24) is 4.98 Å². The van der Waals surface area contributed by atoms with Crippen molar-refractivity contribution in [1.29, 1.82) is 0 Å². The molecular formula is C12H13FN2O3S2. The molecule has 0 spiro atoms. The zero-order valence-electron chi connectivity index (χ0n) is 11.1. The molecule has 1 heterocycles. The molecule has 0 atom stereocenters. The number of benzene rings is 1. The van der Waals surface area contributed by atoms with Gasteiger partial charge >= 0.3 is 0 Å². The average Bonchev–Trinajstić information content (AvgIpc) is 2.67. The molecule has 0 aliphatic heterocycles. The number of sulfonamides is 1. The molecule has 8 heteroatoms. The number of thiazole rings is 1. The summed E-state index contributed by atoms with van der Waals surface area (Å²) in [5.74, 6) is -0.744. The Bertz CT molecular complexity index is 722. The second-order valence-electron chi connectivity index (χ2n) is 4.06. The summed E-state index contributed by atoms with van der Waals surface area (Å²) < 4.78 is 44.8. The highest BCUT2D eigenvalue weighted by molar-refractivity contribution is 7.93. The van der Waals surface area contributed by atoms with Crippen LogP contribution in [0, 0.1) is 19.7 Å². The zero-order valence-corrected chi connectivity index (χ0v) is 12.7. The van der Waals surface area contributed by atoms with Crippen LogP contribution in [0.4, 0.5) is 9.52 Å². The van der Waals surface area contributed by atoms with E-state index in [2.05, 4.69) is 9.71 Å². The van der Waals surface area contributed by atoms with Gasteiger partial charge in [0.1, 0.15) is 0 Å². The van der Waals surface area contributed by atoms with E-state index in [1.54, 1.807) is 6.92 Å². The predicted octanol–water partition coefficient (Wildman–Crippen LogP) is 2.71. The molecule has 20 heavy (non-hydrogen) atoms. The molecule has 0 fully saturated rings. The van der Waals surface area contributed by atoms with Crippen LogP contribution in [0.25, 0.3) is 0 Å². The molecule has 0 amide bonds. The highest BCUT2D eigenvalue weighted by atomic mass is 32.2. The van der Waals surface area contributed by atoms with Crippen LogP contribution in [-0.4, -0.2) is 20.5 Å². The van der Waals surface area contributed by atoms with Gasteiger partial charge in [0.05, 0.1) is 17.7 Å². The van der Waals surface area contributed by atoms with Crippen molar-refractivity contribution in [2.24, 2.45) is 0 Å². The summed E-state index contributed by atoms with van der Waals surface area (Å²) in [6.45, 7) is 3.65. The van der Waals surface area contributed by atoms with Gasteiger partial charge in [-0.05, 0) is 26.0 Å². The van der Waals surface area contributed by atoms with Crippen molar-refractivity contribution in [2.45, 2.75) is 18.7 Å². The SMILES string of the molecule is COc1cc(S(=O)(=O)Nc2nc(C)c(C)s2)ccc1F. The Morgan fingerprint density at radius 2 is 2.05 bits per heavy atom. The number of aromatic nitrogens is 1. The molecule has 0 saturated carbocycles. The van der Waals surface area contributed by atoms with Crippen molar-refractivity contribution in [3.63, 3.8) is 0 Å². The van der Waals surface area contributed by atoms with Crippen molar-refractivity contribution < 1.29 is 17.5 Å². The summed E-state index contributed by atoms with van der Waals surface area (Å²) in [5, 5.41) is 0.281. The van der Waals surface area contributed by atoms with E-state index in [1.807, 2.05) is 6.92 Å². The van der Waals surface area contributed by atoms with Crippen molar-refractivity contribution >= 4 is 26.5 Å². The third-order valence-electron chi connectivity index (χ3n) is 2.68. The number of nitrogens with one attached hydrogen (secondary N) is 1. The quantitative estimate of drug-likeness (QED) is 0.941. The second-order valence-corrected chi connectivity index (χ2v) is 6.95. The number of nitrogens with zero attached hydrogens (tertiary/aromatic N) is 1. The fourth-order valence-electron chi connectivity index (χ4n) is 1.50. The minimum atomic E-state index is -3.81. The molecule has 1 aromatic heterocycles. The molecular weight excluding hydrogens is 303 g/mol. The molecule has 1 N–H and O–H groups in total. The summed E-state index contributed by atoms with van der Waals surface area (Å²) in [4.78, 5) is 4.95. The Labute approximate surface area is 120 Å². The Kier molecular flexibility index (Phi) is 3.96. The summed E-state index contributed by atoms with van der Waals surface area (Å²) in [7, 11) is -2.54. The van der Waals surface area contributed by atoms with Crippen LogP contribution in [0.2, 0.25) is 0 Å². The molecule has 2 rings (SSSR count). The summed E-state index contributed by atoms with van der Waals surface area (Å²) in [6.07, 6.45) is 0. The van der Waals surface area contributed by atoms with Crippen LogP contribution in [0.1, 0.15) is 10.6 Å². The third kappa shape index (κ3) is 2.91. The number of hydrogen-bond donors (Lipinski definition) is 1. The van der Waals surface area contributed by atoms with Crippen molar-refractivity contribution in [2.75, 3.05) is 11.8 Å². The summed E-state index contributed by atoms with van der Waals surface area (Å²) >= 11 is 1.24. The zero-order chi connectivity index (χ0) is 14.9. The lowest BCUT2D eigenvalue weighted by Crippen LogP contribution is -2.13. The van der Waals surface area contributed by atoms with Crippen LogP contribution >= 0.6 is 11.3 Å². The first kappa shape index (κ1) is 14.7. The number of aryl methyl sites for hydroxylation is 2. The van der Waals surface area contributed by atoms with Gasteiger partial charge in [0.2, 0.25) is 0 Å². The molecule has 0 saturated heterocycles. The molecule has 2 aromatic rings. The maximum Gasteiger partial charge on any atom is 0.263 e. The number of methoxy groups -OCH3 is 1. The first-order chi connectivity index (χ1) is 9.33. The van der Waals surface area contributed by atoms with Crippen LogP contribution in [0.5, 0.6) is 5.75 Å². The minimum Gasteiger partial charge on any atom is -0.494 e. The molecule has 108 valence electrons. The van der Waals surface area contributed by atoms with Gasteiger partial charge in [0, 0.05) is 10.9 Å². The molecule has 0 bridgehead atoms. The maximum absolute atomic E-state index is 13.3. The first-order valence-corrected chi connectivity index (χ1v) is 7.94. The van der Waals surface area contributed by atoms with Crippen LogP contribution in [0.3, 0.4) is 0 Å². The van der Waals surface area contributed by atoms with Gasteiger partial charge in [-0.3, -0.25) is 4.72 Å². The van der Waals surface area contributed by atoms with E-state index in [9.17, 15) is 12.8 Å². The minimum absolute atomic E-state index is 0.0822. The van der Waals surface area contributed by atoms with E-state index in [-0.39, 0.29) is 15.8 Å². The van der Waals surface area contributed by atoms with Crippen molar-refractivity contribution in [3.8, 4) is 5.75 Å². The molecule has 0 radical (unpaired) electrons. The van der Waals surface area contributed by atoms with Gasteiger partial charge in [-0.25, -0.2) is 17.8 Å². The monoisotopic (exact) mass is 316 g/mol. The molecule has 0 aliphatic rings. The van der Waals surface area contributed by atoms with Gasteiger partial charge < -0.3 is 4.74 Å². The summed E-state index contributed by atoms with van der Waals surface area (Å²) in [5.41, 5.74) is 0.768. The van der Waals surface area contributed by atoms with Crippen LogP contribution < -0.4 is 9.46 Å². The van der Waals surface area contributed by atoms with E-state index < -0.39 is 15.8 Å². The van der Waals surface area contributed by atoms with E-state index in [0.29, 0.717) is 0 Å². The van der Waals surface area contributed by atoms with Crippen LogP contribution in [0.15, 0.2) is 23.1 Å². The number of rotatable bonds is 4. The first-order valence-electron chi connectivity index (χ1n) is 5.64. The Hall–Kier alpha value is -1.67. The third-order valence-corrected chi connectivity index (χ3v) is 5.14. The number of halogens is 1. The maximum atomic E-state index is 13.3. The molecule has 1 aromatic carbocycles. The van der Waals surface area contributed by atoms with E-state index in [0.717, 1.165) is 22.7 Å². The lowest BCUT2D eigenvalue weighted by molar-refractivity contribution is 0.385. The topological polar surface area (TPSA) is 68.3 Å². The fraction of sp³-hybridized carbons (Fsp3) is 0.250. The van der Waals surface area contributed by atoms with E-state index >= 15 is 0 Å². The van der Waals surface area contributed by atoms with Gasteiger partial charge in [-0.1, -0.05) is 0 Å². The molecule has 0 aliphatic carbocycles. The average molecular weight is 316 g/mol. The van der Waals surface area contributed by atoms with Gasteiger partial charge in [0.25, 0.3) is 10.0 Å². The number of hydrogen-bond acceptors (Lipinski definition) is 5. The smallest absolute Gasteiger partial charge is 0.263 e. The number of anilines is 1. The van der Waals surface area contributed by atoms with Gasteiger partial charge in [0.15, 0.2) is 16.7 Å². The van der Waals surface area contributed by atoms with E-state index in [4.69, 9.17) is 4.74 Å². The molecule has 5 nitrogen and oxygen atoms in total.